The van der Waals surface area contributed by atoms with Gasteiger partial charge in [-0.15, -0.1) is 0 Å². The molecular formula is C11H16N4O3. The Bertz CT molecular complexity index is 475. The standard InChI is InChI=1S/C11H16N4O3/c1-6(2)12-10(17)7(3)13-11(18)8-4-5-9(16)15-14-8/h4-7H,1-3H3,(H,12,17)(H,13,18)(H,15,16). The molecule has 1 aromatic rings. The van der Waals surface area contributed by atoms with E-state index >= 15 is 0 Å². The molecule has 7 heteroatoms. The summed E-state index contributed by atoms with van der Waals surface area (Å²) in [4.78, 5) is 34.0. The van der Waals surface area contributed by atoms with Gasteiger partial charge >= 0.3 is 0 Å². The molecule has 0 aliphatic heterocycles. The lowest BCUT2D eigenvalue weighted by molar-refractivity contribution is -0.123. The molecule has 3 N–H and O–H groups in total. The van der Waals surface area contributed by atoms with Crippen LogP contribution in [0.2, 0.25) is 0 Å². The normalized spacial score (nSPS) is 12.0. The predicted molar refractivity (Wildman–Crippen MR) is 65.1 cm³/mol. The van der Waals surface area contributed by atoms with E-state index in [1.165, 1.54) is 12.1 Å². The minimum absolute atomic E-state index is 0.00283. The van der Waals surface area contributed by atoms with Gasteiger partial charge in [0.05, 0.1) is 0 Å². The summed E-state index contributed by atoms with van der Waals surface area (Å²) in [6.45, 7) is 5.23. The Balaban J connectivity index is 2.62. The van der Waals surface area contributed by atoms with Crippen molar-refractivity contribution in [1.82, 2.24) is 20.8 Å². The molecule has 7 nitrogen and oxygen atoms in total. The van der Waals surface area contributed by atoms with E-state index in [1.54, 1.807) is 6.92 Å². The molecule has 18 heavy (non-hydrogen) atoms. The van der Waals surface area contributed by atoms with Gasteiger partial charge < -0.3 is 10.6 Å². The molecular weight excluding hydrogens is 236 g/mol. The molecule has 1 heterocycles. The fourth-order valence-electron chi connectivity index (χ4n) is 1.22. The Morgan fingerprint density at radius 1 is 1.22 bits per heavy atom. The third-order valence-corrected chi connectivity index (χ3v) is 2.08. The summed E-state index contributed by atoms with van der Waals surface area (Å²) >= 11 is 0. The van der Waals surface area contributed by atoms with Crippen LogP contribution >= 0.6 is 0 Å². The van der Waals surface area contributed by atoms with Crippen LogP contribution < -0.4 is 16.2 Å². The molecule has 2 amide bonds. The lowest BCUT2D eigenvalue weighted by Crippen LogP contribution is -2.47. The van der Waals surface area contributed by atoms with Crippen LogP contribution in [-0.4, -0.2) is 34.1 Å². The van der Waals surface area contributed by atoms with Gasteiger partial charge in [0.2, 0.25) is 5.91 Å². The molecule has 0 bridgehead atoms. The monoisotopic (exact) mass is 252 g/mol. The number of carbonyl (C=O) groups is 2. The molecule has 1 rings (SSSR count). The molecule has 1 unspecified atom stereocenters. The maximum absolute atomic E-state index is 11.7. The molecule has 0 aromatic carbocycles. The molecule has 0 radical (unpaired) electrons. The first-order chi connectivity index (χ1) is 8.40. The molecule has 1 aromatic heterocycles. The van der Waals surface area contributed by atoms with E-state index < -0.39 is 17.5 Å². The van der Waals surface area contributed by atoms with Crippen LogP contribution in [0.25, 0.3) is 0 Å². The molecule has 0 saturated carbocycles. The molecule has 0 fully saturated rings. The maximum atomic E-state index is 11.7. The Hall–Kier alpha value is -2.18. The van der Waals surface area contributed by atoms with E-state index in [0.717, 1.165) is 0 Å². The summed E-state index contributed by atoms with van der Waals surface area (Å²) in [6, 6.07) is 1.82. The quantitative estimate of drug-likeness (QED) is 0.666. The van der Waals surface area contributed by atoms with Gasteiger partial charge in [-0.3, -0.25) is 14.4 Å². The van der Waals surface area contributed by atoms with Crippen molar-refractivity contribution in [2.75, 3.05) is 0 Å². The topological polar surface area (TPSA) is 104 Å². The summed E-state index contributed by atoms with van der Waals surface area (Å²) in [6.07, 6.45) is 0. The van der Waals surface area contributed by atoms with Crippen molar-refractivity contribution >= 4 is 11.8 Å². The fourth-order valence-corrected chi connectivity index (χ4v) is 1.22. The van der Waals surface area contributed by atoms with Crippen LogP contribution in [0.15, 0.2) is 16.9 Å². The number of amides is 2. The number of hydrogen-bond acceptors (Lipinski definition) is 4. The van der Waals surface area contributed by atoms with Crippen LogP contribution in [0.3, 0.4) is 0 Å². The van der Waals surface area contributed by atoms with Crippen molar-refractivity contribution in [3.63, 3.8) is 0 Å². The maximum Gasteiger partial charge on any atom is 0.272 e. The lowest BCUT2D eigenvalue weighted by atomic mass is 10.2. The van der Waals surface area contributed by atoms with Gasteiger partial charge in [0.15, 0.2) is 0 Å². The average molecular weight is 252 g/mol. The van der Waals surface area contributed by atoms with Gasteiger partial charge in [0.25, 0.3) is 11.5 Å². The lowest BCUT2D eigenvalue weighted by Gasteiger charge is -2.15. The van der Waals surface area contributed by atoms with Gasteiger partial charge in [0.1, 0.15) is 11.7 Å². The van der Waals surface area contributed by atoms with Gasteiger partial charge in [-0.2, -0.15) is 5.10 Å². The Morgan fingerprint density at radius 2 is 1.89 bits per heavy atom. The number of aromatic amines is 1. The zero-order valence-electron chi connectivity index (χ0n) is 10.5. The Morgan fingerprint density at radius 3 is 2.39 bits per heavy atom. The smallest absolute Gasteiger partial charge is 0.272 e. The third kappa shape index (κ3) is 4.00. The fraction of sp³-hybridized carbons (Fsp3) is 0.455. The van der Waals surface area contributed by atoms with Crippen molar-refractivity contribution in [1.29, 1.82) is 0 Å². The summed E-state index contributed by atoms with van der Waals surface area (Å²) in [5.74, 6) is -0.791. The highest BCUT2D eigenvalue weighted by atomic mass is 16.2. The molecule has 0 aliphatic rings. The summed E-state index contributed by atoms with van der Waals surface area (Å²) in [5.41, 5.74) is -0.337. The molecule has 0 spiro atoms. The minimum atomic E-state index is -0.673. The number of hydrogen-bond donors (Lipinski definition) is 3. The Kier molecular flexibility index (Phi) is 4.59. The van der Waals surface area contributed by atoms with E-state index in [-0.39, 0.29) is 17.6 Å². The summed E-state index contributed by atoms with van der Waals surface area (Å²) < 4.78 is 0. The second-order valence-corrected chi connectivity index (χ2v) is 4.16. The van der Waals surface area contributed by atoms with E-state index in [2.05, 4.69) is 20.8 Å². The molecule has 0 saturated heterocycles. The molecule has 1 atom stereocenters. The zero-order valence-corrected chi connectivity index (χ0v) is 10.5. The minimum Gasteiger partial charge on any atom is -0.352 e. The van der Waals surface area contributed by atoms with Crippen molar-refractivity contribution in [2.45, 2.75) is 32.9 Å². The second-order valence-electron chi connectivity index (χ2n) is 4.16. The van der Waals surface area contributed by atoms with Gasteiger partial charge in [-0.25, -0.2) is 5.10 Å². The highest BCUT2D eigenvalue weighted by Crippen LogP contribution is 1.92. The number of H-pyrrole nitrogens is 1. The van der Waals surface area contributed by atoms with Crippen LogP contribution in [0, 0.1) is 0 Å². The SMILES string of the molecule is CC(C)NC(=O)C(C)NC(=O)c1ccc(=O)[nH]n1. The second kappa shape index (κ2) is 5.95. The van der Waals surface area contributed by atoms with Crippen LogP contribution in [-0.2, 0) is 4.79 Å². The summed E-state index contributed by atoms with van der Waals surface area (Å²) in [5, 5.41) is 10.9. The van der Waals surface area contributed by atoms with E-state index in [0.29, 0.717) is 0 Å². The highest BCUT2D eigenvalue weighted by molar-refractivity contribution is 5.95. The van der Waals surface area contributed by atoms with Crippen LogP contribution in [0.4, 0.5) is 0 Å². The predicted octanol–water partition coefficient (Wildman–Crippen LogP) is -0.587. The first-order valence-electron chi connectivity index (χ1n) is 5.57. The van der Waals surface area contributed by atoms with Crippen molar-refractivity contribution in [3.05, 3.63) is 28.2 Å². The Labute approximate surface area is 104 Å². The summed E-state index contributed by atoms with van der Waals surface area (Å²) in [7, 11) is 0. The van der Waals surface area contributed by atoms with Crippen LogP contribution in [0.1, 0.15) is 31.3 Å². The largest absolute Gasteiger partial charge is 0.352 e. The number of nitrogens with zero attached hydrogens (tertiary/aromatic N) is 1. The van der Waals surface area contributed by atoms with E-state index in [4.69, 9.17) is 0 Å². The van der Waals surface area contributed by atoms with Crippen molar-refractivity contribution in [2.24, 2.45) is 0 Å². The van der Waals surface area contributed by atoms with E-state index in [1.807, 2.05) is 13.8 Å². The average Bonchev–Trinajstić information content (AvgIpc) is 2.28. The number of nitrogens with one attached hydrogen (secondary N) is 3. The van der Waals surface area contributed by atoms with Crippen LogP contribution in [0.5, 0.6) is 0 Å². The zero-order chi connectivity index (χ0) is 13.7. The molecule has 0 aliphatic carbocycles. The van der Waals surface area contributed by atoms with Gasteiger partial charge in [0, 0.05) is 12.1 Å². The highest BCUT2D eigenvalue weighted by Gasteiger charge is 2.17. The molecule has 98 valence electrons. The number of aromatic nitrogens is 2. The third-order valence-electron chi connectivity index (χ3n) is 2.08. The number of rotatable bonds is 4. The van der Waals surface area contributed by atoms with E-state index in [9.17, 15) is 14.4 Å². The first kappa shape index (κ1) is 13.9. The first-order valence-corrected chi connectivity index (χ1v) is 5.57. The van der Waals surface area contributed by atoms with Gasteiger partial charge in [-0.05, 0) is 26.8 Å². The number of carbonyl (C=O) groups excluding carboxylic acids is 2. The van der Waals surface area contributed by atoms with Crippen molar-refractivity contribution in [3.8, 4) is 0 Å². The van der Waals surface area contributed by atoms with Gasteiger partial charge in [-0.1, -0.05) is 0 Å². The van der Waals surface area contributed by atoms with Crippen molar-refractivity contribution < 1.29 is 9.59 Å².